The second-order valence-electron chi connectivity index (χ2n) is 14.0. The predicted molar refractivity (Wildman–Crippen MR) is 205 cm³/mol. The number of nitrogens with two attached hydrogens (primary N) is 1. The van der Waals surface area contributed by atoms with Crippen molar-refractivity contribution in [3.05, 3.63) is 71.9 Å². The SMILES string of the molecule is CCCCN(CC(=O)N[C@@H](Cc1c[nH]c2ccccc12)C(=O)N[C@@H](CCCNC(N)=O)C(=O)NC(C)(C)C)C(=O)[C@H](Cc1ccccc1)NC(=O)CCl. The molecule has 2 aromatic carbocycles. The lowest BCUT2D eigenvalue weighted by Crippen LogP contribution is -2.58. The molecule has 3 aromatic rings. The number of carbonyl (C=O) groups is 6. The van der Waals surface area contributed by atoms with Crippen molar-refractivity contribution in [2.45, 2.75) is 89.9 Å². The van der Waals surface area contributed by atoms with Gasteiger partial charge in [0.1, 0.15) is 24.0 Å². The van der Waals surface area contributed by atoms with Gasteiger partial charge in [0.25, 0.3) is 0 Å². The van der Waals surface area contributed by atoms with Crippen LogP contribution in [0.5, 0.6) is 0 Å². The Morgan fingerprint density at radius 1 is 0.830 bits per heavy atom. The number of carbonyl (C=O) groups excluding carboxylic acids is 6. The molecule has 0 saturated carbocycles. The van der Waals surface area contributed by atoms with Crippen molar-refractivity contribution in [2.24, 2.45) is 5.73 Å². The van der Waals surface area contributed by atoms with Gasteiger partial charge in [0.15, 0.2) is 0 Å². The first-order valence-electron chi connectivity index (χ1n) is 17.9. The number of H-pyrrole nitrogens is 1. The number of alkyl halides is 1. The van der Waals surface area contributed by atoms with Gasteiger partial charge in [-0.3, -0.25) is 24.0 Å². The van der Waals surface area contributed by atoms with E-state index in [2.05, 4.69) is 31.6 Å². The van der Waals surface area contributed by atoms with Gasteiger partial charge in [0.05, 0.1) is 6.54 Å². The zero-order valence-electron chi connectivity index (χ0n) is 30.9. The van der Waals surface area contributed by atoms with E-state index in [9.17, 15) is 28.8 Å². The maximum Gasteiger partial charge on any atom is 0.312 e. The lowest BCUT2D eigenvalue weighted by Gasteiger charge is -2.29. The topological polar surface area (TPSA) is 208 Å². The second-order valence-corrected chi connectivity index (χ2v) is 14.2. The van der Waals surface area contributed by atoms with Gasteiger partial charge in [0, 0.05) is 48.6 Å². The number of nitrogens with zero attached hydrogens (tertiary/aromatic N) is 1. The van der Waals surface area contributed by atoms with Crippen molar-refractivity contribution in [1.82, 2.24) is 36.5 Å². The summed E-state index contributed by atoms with van der Waals surface area (Å²) in [6.07, 6.45) is 3.87. The fourth-order valence-corrected chi connectivity index (χ4v) is 5.86. The minimum absolute atomic E-state index is 0.0732. The third-order valence-corrected chi connectivity index (χ3v) is 8.56. The van der Waals surface area contributed by atoms with E-state index in [-0.39, 0.29) is 44.8 Å². The van der Waals surface area contributed by atoms with E-state index in [0.717, 1.165) is 28.5 Å². The second kappa shape index (κ2) is 20.8. The maximum absolute atomic E-state index is 14.1. The molecule has 0 bridgehead atoms. The number of halogens is 1. The van der Waals surface area contributed by atoms with Crippen LogP contribution in [0.4, 0.5) is 4.79 Å². The smallest absolute Gasteiger partial charge is 0.312 e. The monoisotopic (exact) mass is 752 g/mol. The van der Waals surface area contributed by atoms with Crippen LogP contribution in [0.3, 0.4) is 0 Å². The number of para-hydroxylation sites is 1. The number of aromatic amines is 1. The lowest BCUT2D eigenvalue weighted by molar-refractivity contribution is -0.140. The number of unbranched alkanes of at least 4 members (excludes halogenated alkanes) is 1. The normalized spacial score (nSPS) is 12.9. The number of hydrogen-bond donors (Lipinski definition) is 7. The summed E-state index contributed by atoms with van der Waals surface area (Å²) in [5.41, 5.74) is 7.01. The Balaban J connectivity index is 1.89. The van der Waals surface area contributed by atoms with E-state index in [0.29, 0.717) is 12.8 Å². The standard InChI is InChI=1S/C38H53ClN8O6/c1-5-6-19-47(36(52)31(44-32(48)22-39)20-25-13-8-7-9-14-25)24-33(49)43-30(21-26-23-42-28-16-11-10-15-27(26)28)34(50)45-29(17-12-18-41-37(40)53)35(51)46-38(2,3)4/h7-11,13-16,23,29-31,42H,5-6,12,17-22,24H2,1-4H3,(H,43,49)(H,44,48)(H,45,50)(H,46,51)(H3,40,41,53)/t29-,30-,31-/m0/s1. The summed E-state index contributed by atoms with van der Waals surface area (Å²) < 4.78 is 0. The summed E-state index contributed by atoms with van der Waals surface area (Å²) in [6.45, 7) is 7.44. The third kappa shape index (κ3) is 14.4. The molecule has 3 rings (SSSR count). The average molecular weight is 753 g/mol. The molecular weight excluding hydrogens is 700 g/mol. The summed E-state index contributed by atoms with van der Waals surface area (Å²) >= 11 is 5.78. The number of fused-ring (bicyclic) bond motifs is 1. The molecule has 0 unspecified atom stereocenters. The van der Waals surface area contributed by atoms with Crippen molar-refractivity contribution in [2.75, 3.05) is 25.5 Å². The largest absolute Gasteiger partial charge is 0.361 e. The van der Waals surface area contributed by atoms with E-state index in [1.54, 1.807) is 6.20 Å². The number of primary amides is 1. The Morgan fingerprint density at radius 3 is 2.17 bits per heavy atom. The summed E-state index contributed by atoms with van der Waals surface area (Å²) in [5, 5.41) is 14.6. The minimum Gasteiger partial charge on any atom is -0.361 e. The van der Waals surface area contributed by atoms with Gasteiger partial charge in [-0.2, -0.15) is 0 Å². The van der Waals surface area contributed by atoms with E-state index >= 15 is 0 Å². The molecule has 14 nitrogen and oxygen atoms in total. The van der Waals surface area contributed by atoms with Crippen LogP contribution in [0.15, 0.2) is 60.8 Å². The zero-order chi connectivity index (χ0) is 39.0. The quantitative estimate of drug-likeness (QED) is 0.0682. The van der Waals surface area contributed by atoms with Crippen molar-refractivity contribution < 1.29 is 28.8 Å². The highest BCUT2D eigenvalue weighted by atomic mass is 35.5. The predicted octanol–water partition coefficient (Wildman–Crippen LogP) is 2.64. The first-order valence-corrected chi connectivity index (χ1v) is 18.4. The number of hydrogen-bond acceptors (Lipinski definition) is 6. The fraction of sp³-hybridized carbons (Fsp3) is 0.474. The van der Waals surface area contributed by atoms with Crippen LogP contribution < -0.4 is 32.3 Å². The van der Waals surface area contributed by atoms with Crippen LogP contribution in [-0.4, -0.2) is 94.6 Å². The van der Waals surface area contributed by atoms with E-state index in [1.807, 2.05) is 82.3 Å². The average Bonchev–Trinajstić information content (AvgIpc) is 3.52. The Hall–Kier alpha value is -5.11. The Morgan fingerprint density at radius 2 is 1.51 bits per heavy atom. The molecule has 0 saturated heterocycles. The van der Waals surface area contributed by atoms with E-state index in [4.69, 9.17) is 17.3 Å². The highest BCUT2D eigenvalue weighted by Gasteiger charge is 2.31. The molecule has 1 heterocycles. The van der Waals surface area contributed by atoms with Crippen molar-refractivity contribution in [1.29, 1.82) is 0 Å². The highest BCUT2D eigenvalue weighted by molar-refractivity contribution is 6.27. The Kier molecular flexibility index (Phi) is 16.6. The molecule has 8 N–H and O–H groups in total. The number of nitrogens with one attached hydrogen (secondary N) is 6. The lowest BCUT2D eigenvalue weighted by atomic mass is 10.0. The number of benzene rings is 2. The summed E-state index contributed by atoms with van der Waals surface area (Å²) in [6, 6.07) is 12.9. The molecule has 3 atom stereocenters. The van der Waals surface area contributed by atoms with E-state index < -0.39 is 59.2 Å². The molecule has 0 aliphatic rings. The van der Waals surface area contributed by atoms with Crippen LogP contribution >= 0.6 is 11.6 Å². The summed E-state index contributed by atoms with van der Waals surface area (Å²) in [7, 11) is 0. The molecule has 0 aliphatic heterocycles. The van der Waals surface area contributed by atoms with Gasteiger partial charge in [-0.05, 0) is 57.2 Å². The molecule has 1 aromatic heterocycles. The number of urea groups is 1. The molecule has 53 heavy (non-hydrogen) atoms. The first-order chi connectivity index (χ1) is 25.2. The number of amides is 7. The van der Waals surface area contributed by atoms with Crippen molar-refractivity contribution in [3.63, 3.8) is 0 Å². The molecule has 7 amide bonds. The first kappa shape index (κ1) is 42.3. The fourth-order valence-electron chi connectivity index (χ4n) is 5.78. The molecule has 0 spiro atoms. The van der Waals surface area contributed by atoms with Crippen LogP contribution in [-0.2, 0) is 36.8 Å². The third-order valence-electron chi connectivity index (χ3n) is 8.32. The highest BCUT2D eigenvalue weighted by Crippen LogP contribution is 2.19. The minimum atomic E-state index is -1.14. The Labute approximate surface area is 315 Å². The van der Waals surface area contributed by atoms with Gasteiger partial charge in [0.2, 0.25) is 29.5 Å². The van der Waals surface area contributed by atoms with Gasteiger partial charge in [-0.1, -0.05) is 61.9 Å². The number of rotatable bonds is 20. The summed E-state index contributed by atoms with van der Waals surface area (Å²) in [4.78, 5) is 83.4. The van der Waals surface area contributed by atoms with E-state index in [1.165, 1.54) is 4.90 Å². The van der Waals surface area contributed by atoms with Gasteiger partial charge < -0.3 is 42.2 Å². The Bertz CT molecular complexity index is 1690. The van der Waals surface area contributed by atoms with Gasteiger partial charge in [-0.15, -0.1) is 11.6 Å². The zero-order valence-corrected chi connectivity index (χ0v) is 31.7. The maximum atomic E-state index is 14.1. The van der Waals surface area contributed by atoms with Gasteiger partial charge in [-0.25, -0.2) is 4.79 Å². The van der Waals surface area contributed by atoms with Crippen LogP contribution in [0.1, 0.15) is 64.5 Å². The molecule has 15 heteroatoms. The molecular formula is C38H53ClN8O6. The van der Waals surface area contributed by atoms with Crippen LogP contribution in [0.2, 0.25) is 0 Å². The molecule has 0 fully saturated rings. The summed E-state index contributed by atoms with van der Waals surface area (Å²) in [5.74, 6) is -2.96. The van der Waals surface area contributed by atoms with Crippen LogP contribution in [0.25, 0.3) is 10.9 Å². The number of aromatic nitrogens is 1. The van der Waals surface area contributed by atoms with Crippen LogP contribution in [0, 0.1) is 0 Å². The molecule has 288 valence electrons. The van der Waals surface area contributed by atoms with Crippen molar-refractivity contribution in [3.8, 4) is 0 Å². The van der Waals surface area contributed by atoms with Crippen molar-refractivity contribution >= 4 is 58.1 Å². The molecule has 0 radical (unpaired) electrons. The molecule has 0 aliphatic carbocycles. The van der Waals surface area contributed by atoms with Gasteiger partial charge >= 0.3 is 6.03 Å².